The van der Waals surface area contributed by atoms with Crippen LogP contribution >= 0.6 is 11.9 Å². The van der Waals surface area contributed by atoms with E-state index in [9.17, 15) is 4.39 Å². The third-order valence-corrected chi connectivity index (χ3v) is 5.28. The third kappa shape index (κ3) is 4.59. The summed E-state index contributed by atoms with van der Waals surface area (Å²) < 4.78 is 16.5. The lowest BCUT2D eigenvalue weighted by Crippen LogP contribution is -2.48. The lowest BCUT2D eigenvalue weighted by Gasteiger charge is -2.35. The fourth-order valence-electron chi connectivity index (χ4n) is 2.72. The Morgan fingerprint density at radius 2 is 2.33 bits per heavy atom. The van der Waals surface area contributed by atoms with E-state index in [0.29, 0.717) is 6.04 Å². The van der Waals surface area contributed by atoms with Gasteiger partial charge in [-0.05, 0) is 31.4 Å². The number of halogens is 1. The van der Waals surface area contributed by atoms with Crippen LogP contribution < -0.4 is 10.6 Å². The summed E-state index contributed by atoms with van der Waals surface area (Å²) in [5.74, 6) is 1.07. The largest absolute Gasteiger partial charge is 0.388 e. The van der Waals surface area contributed by atoms with Gasteiger partial charge in [-0.15, -0.1) is 0 Å². The molecular weight excluding hydrogens is 285 g/mol. The maximum absolute atomic E-state index is 14.0. The summed E-state index contributed by atoms with van der Waals surface area (Å²) in [7, 11) is 1.85. The lowest BCUT2D eigenvalue weighted by molar-refractivity contribution is 0.277. The summed E-state index contributed by atoms with van der Waals surface area (Å²) in [4.78, 5) is 0. The Bertz CT molecular complexity index is 442. The van der Waals surface area contributed by atoms with Gasteiger partial charge in [0, 0.05) is 49.7 Å². The molecule has 118 valence electrons. The standard InChI is InChI=1S/C16H26FN3S/c1-3-11-21-20-10-9-19-12-13(20)7-8-14-15(17)5-4-6-16(14)18-2/h4-6,13,18-19H,3,7-12H2,1-2H3. The molecule has 2 N–H and O–H groups in total. The molecule has 1 aromatic rings. The number of rotatable bonds is 7. The second kappa shape index (κ2) is 8.61. The second-order valence-electron chi connectivity index (χ2n) is 5.39. The van der Waals surface area contributed by atoms with Crippen molar-refractivity contribution < 1.29 is 4.39 Å². The molecule has 0 radical (unpaired) electrons. The Morgan fingerprint density at radius 1 is 1.48 bits per heavy atom. The summed E-state index contributed by atoms with van der Waals surface area (Å²) in [6.07, 6.45) is 2.95. The van der Waals surface area contributed by atoms with Gasteiger partial charge in [-0.1, -0.05) is 24.9 Å². The van der Waals surface area contributed by atoms with Gasteiger partial charge in [0.25, 0.3) is 0 Å². The fraction of sp³-hybridized carbons (Fsp3) is 0.625. The molecule has 1 aromatic carbocycles. The van der Waals surface area contributed by atoms with Crippen LogP contribution in [-0.4, -0.2) is 42.8 Å². The van der Waals surface area contributed by atoms with Gasteiger partial charge >= 0.3 is 0 Å². The molecule has 0 amide bonds. The molecule has 1 aliphatic heterocycles. The van der Waals surface area contributed by atoms with E-state index in [1.807, 2.05) is 25.1 Å². The molecule has 0 spiro atoms. The van der Waals surface area contributed by atoms with Crippen LogP contribution in [0.1, 0.15) is 25.3 Å². The van der Waals surface area contributed by atoms with Crippen LogP contribution in [0.3, 0.4) is 0 Å². The molecule has 1 heterocycles. The maximum Gasteiger partial charge on any atom is 0.128 e. The summed E-state index contributed by atoms with van der Waals surface area (Å²) in [6.45, 7) is 5.34. The van der Waals surface area contributed by atoms with Crippen molar-refractivity contribution in [3.05, 3.63) is 29.6 Å². The molecule has 0 saturated carbocycles. The van der Waals surface area contributed by atoms with Crippen LogP contribution in [0.5, 0.6) is 0 Å². The highest BCUT2D eigenvalue weighted by atomic mass is 32.2. The monoisotopic (exact) mass is 311 g/mol. The SMILES string of the molecule is CCCSN1CCNCC1CCc1c(F)cccc1NC. The Hall–Kier alpha value is -0.780. The van der Waals surface area contributed by atoms with Crippen molar-refractivity contribution in [2.24, 2.45) is 0 Å². The number of piperazine rings is 1. The lowest BCUT2D eigenvalue weighted by atomic mass is 10.0. The third-order valence-electron chi connectivity index (χ3n) is 3.87. The van der Waals surface area contributed by atoms with E-state index in [-0.39, 0.29) is 5.82 Å². The molecule has 0 aliphatic carbocycles. The quantitative estimate of drug-likeness (QED) is 0.757. The first-order chi connectivity index (χ1) is 10.3. The fourth-order valence-corrected chi connectivity index (χ4v) is 3.75. The predicted molar refractivity (Wildman–Crippen MR) is 90.4 cm³/mol. The van der Waals surface area contributed by atoms with E-state index in [1.165, 1.54) is 6.42 Å². The van der Waals surface area contributed by atoms with E-state index in [4.69, 9.17) is 0 Å². The van der Waals surface area contributed by atoms with Crippen LogP contribution in [0, 0.1) is 5.82 Å². The van der Waals surface area contributed by atoms with Crippen LogP contribution in [0.15, 0.2) is 18.2 Å². The van der Waals surface area contributed by atoms with Crippen molar-refractivity contribution in [2.45, 2.75) is 32.2 Å². The minimum absolute atomic E-state index is 0.0987. The van der Waals surface area contributed by atoms with Crippen LogP contribution in [0.25, 0.3) is 0 Å². The normalized spacial score (nSPS) is 19.7. The summed E-state index contributed by atoms with van der Waals surface area (Å²) in [6, 6.07) is 5.75. The van der Waals surface area contributed by atoms with Gasteiger partial charge in [0.05, 0.1) is 0 Å². The Morgan fingerprint density at radius 3 is 3.10 bits per heavy atom. The average Bonchev–Trinajstić information content (AvgIpc) is 2.52. The van der Waals surface area contributed by atoms with Crippen molar-refractivity contribution >= 4 is 17.6 Å². The molecule has 1 saturated heterocycles. The minimum Gasteiger partial charge on any atom is -0.388 e. The maximum atomic E-state index is 14.0. The first kappa shape index (κ1) is 16.6. The number of nitrogens with one attached hydrogen (secondary N) is 2. The Kier molecular flexibility index (Phi) is 6.80. The Labute approximate surface area is 131 Å². The molecule has 0 bridgehead atoms. The van der Waals surface area contributed by atoms with Gasteiger partial charge in [0.1, 0.15) is 5.82 Å². The smallest absolute Gasteiger partial charge is 0.128 e. The highest BCUT2D eigenvalue weighted by molar-refractivity contribution is 7.97. The van der Waals surface area contributed by atoms with Gasteiger partial charge < -0.3 is 10.6 Å². The second-order valence-corrected chi connectivity index (χ2v) is 6.52. The van der Waals surface area contributed by atoms with E-state index < -0.39 is 0 Å². The summed E-state index contributed by atoms with van der Waals surface area (Å²) in [5, 5.41) is 6.55. The predicted octanol–water partition coefficient (Wildman–Crippen LogP) is 3.13. The number of nitrogens with zero attached hydrogens (tertiary/aromatic N) is 1. The summed E-state index contributed by atoms with van der Waals surface area (Å²) in [5.41, 5.74) is 1.72. The van der Waals surface area contributed by atoms with Crippen LogP contribution in [0.2, 0.25) is 0 Å². The van der Waals surface area contributed by atoms with Crippen molar-refractivity contribution in [2.75, 3.05) is 37.8 Å². The first-order valence-corrected chi connectivity index (χ1v) is 8.76. The molecule has 2 rings (SSSR count). The van der Waals surface area contributed by atoms with Gasteiger partial charge in [0.2, 0.25) is 0 Å². The highest BCUT2D eigenvalue weighted by Crippen LogP contribution is 2.24. The van der Waals surface area contributed by atoms with Gasteiger partial charge in [-0.25, -0.2) is 8.70 Å². The topological polar surface area (TPSA) is 27.3 Å². The molecule has 1 fully saturated rings. The van der Waals surface area contributed by atoms with Gasteiger partial charge in [-0.2, -0.15) is 0 Å². The molecular formula is C16H26FN3S. The minimum atomic E-state index is -0.0987. The number of anilines is 1. The number of hydrogen-bond acceptors (Lipinski definition) is 4. The van der Waals surface area contributed by atoms with E-state index in [2.05, 4.69) is 21.9 Å². The zero-order chi connectivity index (χ0) is 15.1. The van der Waals surface area contributed by atoms with Crippen LogP contribution in [-0.2, 0) is 6.42 Å². The van der Waals surface area contributed by atoms with Crippen molar-refractivity contribution in [1.82, 2.24) is 9.62 Å². The van der Waals surface area contributed by atoms with Crippen LogP contribution in [0.4, 0.5) is 10.1 Å². The van der Waals surface area contributed by atoms with Gasteiger partial charge in [-0.3, -0.25) is 0 Å². The Balaban J connectivity index is 1.97. The molecule has 21 heavy (non-hydrogen) atoms. The van der Waals surface area contributed by atoms with Gasteiger partial charge in [0.15, 0.2) is 0 Å². The highest BCUT2D eigenvalue weighted by Gasteiger charge is 2.23. The molecule has 1 aliphatic rings. The molecule has 1 atom stereocenters. The first-order valence-electron chi connectivity index (χ1n) is 7.81. The summed E-state index contributed by atoms with van der Waals surface area (Å²) >= 11 is 1.94. The van der Waals surface area contributed by atoms with Crippen molar-refractivity contribution in [3.8, 4) is 0 Å². The number of benzene rings is 1. The molecule has 5 heteroatoms. The molecule has 0 aromatic heterocycles. The number of hydrogen-bond donors (Lipinski definition) is 2. The molecule has 3 nitrogen and oxygen atoms in total. The zero-order valence-electron chi connectivity index (χ0n) is 13.0. The zero-order valence-corrected chi connectivity index (χ0v) is 13.8. The van der Waals surface area contributed by atoms with E-state index in [0.717, 1.165) is 49.5 Å². The van der Waals surface area contributed by atoms with E-state index >= 15 is 0 Å². The van der Waals surface area contributed by atoms with Crippen molar-refractivity contribution in [1.29, 1.82) is 0 Å². The van der Waals surface area contributed by atoms with E-state index in [1.54, 1.807) is 12.1 Å². The molecule has 1 unspecified atom stereocenters. The van der Waals surface area contributed by atoms with Crippen molar-refractivity contribution in [3.63, 3.8) is 0 Å². The average molecular weight is 311 g/mol.